The van der Waals surface area contributed by atoms with Gasteiger partial charge in [0.25, 0.3) is 5.91 Å². The number of nitrogens with zero attached hydrogens (tertiary/aromatic N) is 1. The first-order valence-electron chi connectivity index (χ1n) is 10.1. The number of carbonyl (C=O) groups excluding carboxylic acids is 1. The van der Waals surface area contributed by atoms with Gasteiger partial charge in [-0.3, -0.25) is 4.79 Å². The molecule has 0 saturated heterocycles. The van der Waals surface area contributed by atoms with E-state index >= 15 is 0 Å². The molecule has 3 rings (SSSR count). The van der Waals surface area contributed by atoms with Crippen LogP contribution in [-0.4, -0.2) is 40.0 Å². The van der Waals surface area contributed by atoms with Gasteiger partial charge in [0.1, 0.15) is 0 Å². The zero-order valence-corrected chi connectivity index (χ0v) is 17.8. The topological polar surface area (TPSA) is 78.5 Å². The Hall–Kier alpha value is -2.38. The van der Waals surface area contributed by atoms with Crippen LogP contribution in [0.3, 0.4) is 0 Å². The Labute approximate surface area is 173 Å². The summed E-state index contributed by atoms with van der Waals surface area (Å²) in [6.07, 6.45) is 2.54. The summed E-state index contributed by atoms with van der Waals surface area (Å²) in [5, 5.41) is 2.92. The van der Waals surface area contributed by atoms with Crippen LogP contribution in [-0.2, 0) is 10.0 Å². The van der Waals surface area contributed by atoms with Crippen molar-refractivity contribution in [1.82, 2.24) is 10.0 Å². The highest BCUT2D eigenvalue weighted by Crippen LogP contribution is 2.23. The fourth-order valence-corrected chi connectivity index (χ4v) is 4.51. The third-order valence-corrected chi connectivity index (χ3v) is 6.57. The van der Waals surface area contributed by atoms with Crippen LogP contribution >= 0.6 is 0 Å². The van der Waals surface area contributed by atoms with Crippen LogP contribution in [0.25, 0.3) is 0 Å². The van der Waals surface area contributed by atoms with Gasteiger partial charge in [0.15, 0.2) is 0 Å². The first kappa shape index (κ1) is 21.3. The molecule has 0 unspecified atom stereocenters. The molecule has 0 spiro atoms. The van der Waals surface area contributed by atoms with Gasteiger partial charge in [-0.15, -0.1) is 0 Å². The van der Waals surface area contributed by atoms with Gasteiger partial charge in [0.2, 0.25) is 10.0 Å². The monoisotopic (exact) mass is 415 g/mol. The van der Waals surface area contributed by atoms with E-state index in [1.807, 2.05) is 25.1 Å². The van der Waals surface area contributed by atoms with Crippen molar-refractivity contribution in [3.05, 3.63) is 59.7 Å². The Morgan fingerprint density at radius 2 is 1.86 bits per heavy atom. The lowest BCUT2D eigenvalue weighted by atomic mass is 10.1. The number of amides is 1. The lowest BCUT2D eigenvalue weighted by Gasteiger charge is -2.23. The molecule has 6 nitrogen and oxygen atoms in total. The molecule has 0 aliphatic heterocycles. The van der Waals surface area contributed by atoms with Crippen molar-refractivity contribution < 1.29 is 13.2 Å². The second-order valence-corrected chi connectivity index (χ2v) is 9.11. The summed E-state index contributed by atoms with van der Waals surface area (Å²) >= 11 is 0. The number of sulfonamides is 1. The molecule has 1 saturated carbocycles. The Kier molecular flexibility index (Phi) is 6.92. The summed E-state index contributed by atoms with van der Waals surface area (Å²) < 4.78 is 27.5. The van der Waals surface area contributed by atoms with Gasteiger partial charge >= 0.3 is 0 Å². The van der Waals surface area contributed by atoms with Crippen molar-refractivity contribution in [3.8, 4) is 0 Å². The number of hydrogen-bond donors (Lipinski definition) is 2. The van der Waals surface area contributed by atoms with Crippen molar-refractivity contribution in [1.29, 1.82) is 0 Å². The normalized spacial score (nSPS) is 13.9. The maximum absolute atomic E-state index is 12.6. The quantitative estimate of drug-likeness (QED) is 0.585. The number of benzene rings is 2. The highest BCUT2D eigenvalue weighted by Gasteiger charge is 2.28. The molecule has 0 heterocycles. The first-order chi connectivity index (χ1) is 13.9. The lowest BCUT2D eigenvalue weighted by Crippen LogP contribution is -2.30. The highest BCUT2D eigenvalue weighted by atomic mass is 32.2. The number of carbonyl (C=O) groups is 1. The summed E-state index contributed by atoms with van der Waals surface area (Å²) in [5.41, 5.74) is 2.32. The zero-order valence-electron chi connectivity index (χ0n) is 17.0. The minimum Gasteiger partial charge on any atom is -0.372 e. The third-order valence-electron chi connectivity index (χ3n) is 5.06. The molecule has 7 heteroatoms. The summed E-state index contributed by atoms with van der Waals surface area (Å²) in [6.45, 7) is 6.17. The molecule has 0 atom stereocenters. The molecule has 0 aromatic heterocycles. The van der Waals surface area contributed by atoms with Gasteiger partial charge in [0, 0.05) is 36.9 Å². The fourth-order valence-electron chi connectivity index (χ4n) is 3.18. The van der Waals surface area contributed by atoms with Gasteiger partial charge in [-0.2, -0.15) is 0 Å². The molecule has 1 fully saturated rings. The Balaban J connectivity index is 1.57. The predicted molar refractivity (Wildman–Crippen MR) is 116 cm³/mol. The van der Waals surface area contributed by atoms with Crippen molar-refractivity contribution in [2.45, 2.75) is 44.0 Å². The van der Waals surface area contributed by atoms with Crippen LogP contribution in [0.1, 0.15) is 42.1 Å². The molecular formula is C22H29N3O3S. The van der Waals surface area contributed by atoms with E-state index in [2.05, 4.69) is 34.0 Å². The average Bonchev–Trinajstić information content (AvgIpc) is 3.52. The maximum atomic E-state index is 12.6. The van der Waals surface area contributed by atoms with E-state index in [0.29, 0.717) is 12.1 Å². The predicted octanol–water partition coefficient (Wildman–Crippen LogP) is 3.08. The van der Waals surface area contributed by atoms with E-state index in [0.717, 1.165) is 37.9 Å². The number of aryl methyl sites for hydroxylation is 1. The minimum absolute atomic E-state index is 0.0321. The number of hydrogen-bond acceptors (Lipinski definition) is 4. The van der Waals surface area contributed by atoms with Crippen molar-refractivity contribution >= 4 is 21.6 Å². The van der Waals surface area contributed by atoms with Gasteiger partial charge < -0.3 is 10.2 Å². The number of nitrogens with one attached hydrogen (secondary N) is 2. The molecule has 2 aromatic rings. The average molecular weight is 416 g/mol. The second-order valence-electron chi connectivity index (χ2n) is 7.40. The Bertz CT molecular complexity index is 941. The van der Waals surface area contributed by atoms with Crippen LogP contribution in [0, 0.1) is 6.92 Å². The fraction of sp³-hybridized carbons (Fsp3) is 0.409. The van der Waals surface area contributed by atoms with Crippen LogP contribution in [0.15, 0.2) is 53.4 Å². The zero-order chi connectivity index (χ0) is 20.9. The van der Waals surface area contributed by atoms with Crippen molar-refractivity contribution in [3.63, 3.8) is 0 Å². The van der Waals surface area contributed by atoms with E-state index in [9.17, 15) is 13.2 Å². The summed E-state index contributed by atoms with van der Waals surface area (Å²) in [7, 11) is -3.58. The molecule has 29 heavy (non-hydrogen) atoms. The van der Waals surface area contributed by atoms with E-state index in [4.69, 9.17) is 0 Å². The van der Waals surface area contributed by atoms with Crippen LogP contribution in [0.4, 0.5) is 5.69 Å². The summed E-state index contributed by atoms with van der Waals surface area (Å²) in [5.74, 6) is -0.242. The van der Waals surface area contributed by atoms with E-state index in [-0.39, 0.29) is 16.8 Å². The van der Waals surface area contributed by atoms with Crippen LogP contribution in [0.2, 0.25) is 0 Å². The maximum Gasteiger partial charge on any atom is 0.251 e. The largest absolute Gasteiger partial charge is 0.372 e. The van der Waals surface area contributed by atoms with E-state index in [1.165, 1.54) is 11.8 Å². The van der Waals surface area contributed by atoms with Gasteiger partial charge in [-0.1, -0.05) is 24.3 Å². The standard InChI is InChI=1S/C22H29N3O3S/c1-3-25(19-8-5-4-6-9-19)15-7-14-23-22(26)21-16-20(13-10-17(21)2)29(27,28)24-18-11-12-18/h4-6,8-10,13,16,18,24H,3,7,11-12,14-15H2,1-2H3,(H,23,26). The first-order valence-corrected chi connectivity index (χ1v) is 11.6. The summed E-state index contributed by atoms with van der Waals surface area (Å²) in [6, 6.07) is 14.9. The van der Waals surface area contributed by atoms with Crippen LogP contribution < -0.4 is 14.9 Å². The molecule has 1 aliphatic carbocycles. The smallest absolute Gasteiger partial charge is 0.251 e. The van der Waals surface area contributed by atoms with Crippen molar-refractivity contribution in [2.75, 3.05) is 24.5 Å². The van der Waals surface area contributed by atoms with Gasteiger partial charge in [0.05, 0.1) is 4.90 Å². The van der Waals surface area contributed by atoms with Crippen LogP contribution in [0.5, 0.6) is 0 Å². The second kappa shape index (κ2) is 9.41. The molecule has 2 N–H and O–H groups in total. The Morgan fingerprint density at radius 1 is 1.14 bits per heavy atom. The van der Waals surface area contributed by atoms with Gasteiger partial charge in [-0.25, -0.2) is 13.1 Å². The van der Waals surface area contributed by atoms with Crippen molar-refractivity contribution in [2.24, 2.45) is 0 Å². The Morgan fingerprint density at radius 3 is 2.52 bits per heavy atom. The molecule has 1 aliphatic rings. The highest BCUT2D eigenvalue weighted by molar-refractivity contribution is 7.89. The third kappa shape index (κ3) is 5.81. The van der Waals surface area contributed by atoms with E-state index in [1.54, 1.807) is 12.1 Å². The lowest BCUT2D eigenvalue weighted by molar-refractivity contribution is 0.0952. The van der Waals surface area contributed by atoms with Gasteiger partial charge in [-0.05, 0) is 62.9 Å². The SMILES string of the molecule is CCN(CCCNC(=O)c1cc(S(=O)(=O)NC2CC2)ccc1C)c1ccccc1. The molecule has 2 aromatic carbocycles. The number of rotatable bonds is 10. The molecule has 156 valence electrons. The molecule has 0 radical (unpaired) electrons. The molecule has 0 bridgehead atoms. The molecular weight excluding hydrogens is 386 g/mol. The minimum atomic E-state index is -3.58. The molecule has 1 amide bonds. The summed E-state index contributed by atoms with van der Waals surface area (Å²) in [4.78, 5) is 15.0. The number of para-hydroxylation sites is 1. The van der Waals surface area contributed by atoms with E-state index < -0.39 is 10.0 Å². The number of anilines is 1.